The van der Waals surface area contributed by atoms with E-state index in [1.807, 2.05) is 20.8 Å². The molecule has 0 N–H and O–H groups in total. The summed E-state index contributed by atoms with van der Waals surface area (Å²) >= 11 is 0. The third kappa shape index (κ3) is 4.63. The van der Waals surface area contributed by atoms with Crippen LogP contribution < -0.4 is 24.0 Å². The maximum Gasteiger partial charge on any atom is 1.00 e. The molecule has 0 spiro atoms. The minimum absolute atomic E-state index is 0. The molecule has 0 aromatic heterocycles. The van der Waals surface area contributed by atoms with E-state index in [-0.39, 0.29) is 24.6 Å². The predicted octanol–water partition coefficient (Wildman–Crippen LogP) is -1.70. The fourth-order valence-corrected chi connectivity index (χ4v) is 0.407. The largest absolute Gasteiger partial charge is 1.00 e. The zero-order chi connectivity index (χ0) is 6.73. The third-order valence-corrected chi connectivity index (χ3v) is 1.42. The van der Waals surface area contributed by atoms with E-state index in [2.05, 4.69) is 0 Å². The minimum Gasteiger partial charge on any atom is -0.876 e. The average molecular weight is 120 g/mol. The topological polar surface area (TPSA) is 23.1 Å². The van der Waals surface area contributed by atoms with Crippen LogP contribution in [0.4, 0.5) is 0 Å². The Balaban J connectivity index is 0. The molecule has 0 heterocycles. The molecule has 2 heteroatoms. The Hall–Kier alpha value is 0.137. The van der Waals surface area contributed by atoms with Gasteiger partial charge in [-0.25, -0.2) is 0 Å². The van der Waals surface area contributed by atoms with Crippen molar-refractivity contribution in [1.29, 1.82) is 0 Å². The Morgan fingerprint density at radius 2 is 1.56 bits per heavy atom. The van der Waals surface area contributed by atoms with Crippen LogP contribution in [0.3, 0.4) is 0 Å². The first kappa shape index (κ1) is 11.9. The van der Waals surface area contributed by atoms with Crippen molar-refractivity contribution in [3.8, 4) is 0 Å². The Bertz CT molecular complexity index is 101. The van der Waals surface area contributed by atoms with Crippen LogP contribution in [0.1, 0.15) is 27.7 Å². The summed E-state index contributed by atoms with van der Waals surface area (Å²) in [4.78, 5) is 0. The van der Waals surface area contributed by atoms with Gasteiger partial charge in [-0.1, -0.05) is 26.3 Å². The van der Waals surface area contributed by atoms with E-state index in [1.165, 1.54) is 0 Å². The van der Waals surface area contributed by atoms with Crippen molar-refractivity contribution in [1.82, 2.24) is 0 Å². The quantitative estimate of drug-likeness (QED) is 0.299. The van der Waals surface area contributed by atoms with E-state index in [0.29, 0.717) is 5.92 Å². The van der Waals surface area contributed by atoms with Crippen molar-refractivity contribution >= 4 is 0 Å². The Kier molecular flexibility index (Phi) is 6.55. The molecule has 48 valence electrons. The summed E-state index contributed by atoms with van der Waals surface area (Å²) in [6, 6.07) is 0. The Morgan fingerprint density at radius 3 is 1.56 bits per heavy atom. The smallest absolute Gasteiger partial charge is 0.876 e. The van der Waals surface area contributed by atoms with Gasteiger partial charge in [-0.3, -0.25) is 0 Å². The standard InChI is InChI=1S/C7H14O.Li/c1-5(2)6(3)7(4)8;/h5,8H,1-4H3;/q;+1/p-1/b7-6-;. The SMILES string of the molecule is C/C([O-])=C(\C)C(C)C.[Li+]. The molecule has 0 aromatic carbocycles. The van der Waals surface area contributed by atoms with Crippen LogP contribution in [0.15, 0.2) is 11.3 Å². The van der Waals surface area contributed by atoms with Gasteiger partial charge < -0.3 is 5.11 Å². The van der Waals surface area contributed by atoms with E-state index in [1.54, 1.807) is 6.92 Å². The number of allylic oxidation sites excluding steroid dienone is 2. The molecule has 0 aliphatic heterocycles. The molecule has 0 rings (SSSR count). The van der Waals surface area contributed by atoms with E-state index < -0.39 is 0 Å². The minimum atomic E-state index is 0. The van der Waals surface area contributed by atoms with Crippen molar-refractivity contribution in [2.45, 2.75) is 27.7 Å². The molecular weight excluding hydrogens is 107 g/mol. The first-order chi connectivity index (χ1) is 3.55. The molecular formula is C7H13LiO. The number of rotatable bonds is 1. The van der Waals surface area contributed by atoms with Crippen LogP contribution in [0.2, 0.25) is 0 Å². The van der Waals surface area contributed by atoms with E-state index >= 15 is 0 Å². The van der Waals surface area contributed by atoms with Crippen LogP contribution in [0.25, 0.3) is 0 Å². The normalized spacial score (nSPS) is 12.6. The van der Waals surface area contributed by atoms with Gasteiger partial charge in [0, 0.05) is 0 Å². The van der Waals surface area contributed by atoms with Gasteiger partial charge in [0.1, 0.15) is 0 Å². The van der Waals surface area contributed by atoms with Crippen LogP contribution in [-0.4, -0.2) is 0 Å². The molecule has 0 aliphatic carbocycles. The molecule has 0 amide bonds. The molecule has 0 saturated heterocycles. The average Bonchev–Trinajstić information content (AvgIpc) is 1.64. The predicted molar refractivity (Wildman–Crippen MR) is 33.2 cm³/mol. The first-order valence-electron chi connectivity index (χ1n) is 2.90. The summed E-state index contributed by atoms with van der Waals surface area (Å²) in [5, 5.41) is 10.5. The summed E-state index contributed by atoms with van der Waals surface area (Å²) in [6.07, 6.45) is 0. The summed E-state index contributed by atoms with van der Waals surface area (Å²) < 4.78 is 0. The summed E-state index contributed by atoms with van der Waals surface area (Å²) in [6.45, 7) is 7.54. The fraction of sp³-hybridized carbons (Fsp3) is 0.714. The van der Waals surface area contributed by atoms with Crippen LogP contribution in [-0.2, 0) is 0 Å². The maximum absolute atomic E-state index is 10.5. The van der Waals surface area contributed by atoms with Gasteiger partial charge in [-0.2, -0.15) is 0 Å². The van der Waals surface area contributed by atoms with E-state index in [4.69, 9.17) is 0 Å². The van der Waals surface area contributed by atoms with Gasteiger partial charge in [0.25, 0.3) is 0 Å². The second-order valence-electron chi connectivity index (χ2n) is 2.39. The van der Waals surface area contributed by atoms with Crippen molar-refractivity contribution < 1.29 is 24.0 Å². The van der Waals surface area contributed by atoms with Crippen LogP contribution in [0, 0.1) is 5.92 Å². The summed E-state index contributed by atoms with van der Waals surface area (Å²) in [7, 11) is 0. The maximum atomic E-state index is 10.5. The molecule has 0 saturated carbocycles. The van der Waals surface area contributed by atoms with E-state index in [0.717, 1.165) is 5.57 Å². The second kappa shape index (κ2) is 4.97. The summed E-state index contributed by atoms with van der Waals surface area (Å²) in [5.74, 6) is 0.618. The third-order valence-electron chi connectivity index (χ3n) is 1.42. The zero-order valence-electron chi connectivity index (χ0n) is 6.99. The molecule has 0 fully saturated rings. The number of hydrogen-bond acceptors (Lipinski definition) is 1. The van der Waals surface area contributed by atoms with Gasteiger partial charge in [0.2, 0.25) is 0 Å². The van der Waals surface area contributed by atoms with Gasteiger partial charge in [-0.05, 0) is 12.8 Å². The van der Waals surface area contributed by atoms with Gasteiger partial charge in [0.05, 0.1) is 0 Å². The van der Waals surface area contributed by atoms with Crippen LogP contribution in [0.5, 0.6) is 0 Å². The molecule has 0 atom stereocenters. The summed E-state index contributed by atoms with van der Waals surface area (Å²) in [5.41, 5.74) is 0.963. The molecule has 0 aromatic rings. The van der Waals surface area contributed by atoms with Gasteiger partial charge >= 0.3 is 18.9 Å². The number of hydrogen-bond donors (Lipinski definition) is 0. The molecule has 0 unspecified atom stereocenters. The Morgan fingerprint density at radius 1 is 1.22 bits per heavy atom. The Labute approximate surface area is 69.3 Å². The molecule has 0 radical (unpaired) electrons. The molecule has 0 aliphatic rings. The van der Waals surface area contributed by atoms with Gasteiger partial charge in [0.15, 0.2) is 0 Å². The van der Waals surface area contributed by atoms with E-state index in [9.17, 15) is 5.11 Å². The van der Waals surface area contributed by atoms with Crippen molar-refractivity contribution in [2.24, 2.45) is 5.92 Å². The zero-order valence-corrected chi connectivity index (χ0v) is 6.99. The molecule has 9 heavy (non-hydrogen) atoms. The van der Waals surface area contributed by atoms with Crippen molar-refractivity contribution in [3.63, 3.8) is 0 Å². The van der Waals surface area contributed by atoms with Crippen LogP contribution >= 0.6 is 0 Å². The molecule has 1 nitrogen and oxygen atoms in total. The fourth-order valence-electron chi connectivity index (χ4n) is 0.407. The second-order valence-corrected chi connectivity index (χ2v) is 2.39. The monoisotopic (exact) mass is 120 g/mol. The van der Waals surface area contributed by atoms with Gasteiger partial charge in [-0.15, -0.1) is 5.76 Å². The van der Waals surface area contributed by atoms with Crippen molar-refractivity contribution in [2.75, 3.05) is 0 Å². The first-order valence-corrected chi connectivity index (χ1v) is 2.90. The molecule has 0 bridgehead atoms. The van der Waals surface area contributed by atoms with Crippen molar-refractivity contribution in [3.05, 3.63) is 11.3 Å².